The molecule has 0 atom stereocenters. The SMILES string of the molecule is CC1(C)CCC(C)(C)c2cc3c(cc21)c1cc2c(cc1n3-c1ccccc1)c1ccccc1n2-c1ccccc1-c1ccccc1. The fraction of sp³-hybridized carbons (Fsp3) is 0.182. The van der Waals surface area contributed by atoms with E-state index in [9.17, 15) is 0 Å². The minimum absolute atomic E-state index is 0.133. The summed E-state index contributed by atoms with van der Waals surface area (Å²) in [5.41, 5.74) is 13.1. The van der Waals surface area contributed by atoms with Crippen LogP contribution in [0.2, 0.25) is 0 Å². The highest BCUT2D eigenvalue weighted by molar-refractivity contribution is 6.19. The lowest BCUT2D eigenvalue weighted by Crippen LogP contribution is -2.33. The van der Waals surface area contributed by atoms with E-state index in [1.165, 1.54) is 90.1 Å². The summed E-state index contributed by atoms with van der Waals surface area (Å²) in [5.74, 6) is 0. The van der Waals surface area contributed by atoms with Gasteiger partial charge in [0.2, 0.25) is 0 Å². The van der Waals surface area contributed by atoms with Crippen molar-refractivity contribution >= 4 is 43.6 Å². The van der Waals surface area contributed by atoms with Crippen LogP contribution in [0.15, 0.2) is 133 Å². The van der Waals surface area contributed by atoms with Crippen molar-refractivity contribution in [1.29, 1.82) is 0 Å². The Bertz CT molecular complexity index is 2450. The number of nitrogens with zero attached hydrogens (tertiary/aromatic N) is 2. The van der Waals surface area contributed by atoms with E-state index in [-0.39, 0.29) is 10.8 Å². The second-order valence-corrected chi connectivity index (χ2v) is 14.5. The van der Waals surface area contributed by atoms with Gasteiger partial charge in [0.15, 0.2) is 0 Å². The quantitative estimate of drug-likeness (QED) is 0.193. The first-order valence-electron chi connectivity index (χ1n) is 16.6. The Hall–Kier alpha value is -5.08. The van der Waals surface area contributed by atoms with E-state index in [0.717, 1.165) is 0 Å². The maximum Gasteiger partial charge on any atom is 0.0549 e. The predicted molar refractivity (Wildman–Crippen MR) is 196 cm³/mol. The van der Waals surface area contributed by atoms with Crippen molar-refractivity contribution < 1.29 is 0 Å². The summed E-state index contributed by atoms with van der Waals surface area (Å²) in [7, 11) is 0. The van der Waals surface area contributed by atoms with Crippen LogP contribution in [0.4, 0.5) is 0 Å². The predicted octanol–water partition coefficient (Wildman–Crippen LogP) is 11.9. The summed E-state index contributed by atoms with van der Waals surface area (Å²) in [6, 6.07) is 49.4. The van der Waals surface area contributed by atoms with E-state index in [4.69, 9.17) is 0 Å². The Kier molecular flexibility index (Phi) is 5.75. The van der Waals surface area contributed by atoms with Gasteiger partial charge in [0, 0.05) is 32.8 Å². The second kappa shape index (κ2) is 9.71. The van der Waals surface area contributed by atoms with E-state index < -0.39 is 0 Å². The molecule has 0 N–H and O–H groups in total. The lowest BCUT2D eigenvalue weighted by atomic mass is 9.63. The molecule has 0 aliphatic heterocycles. The second-order valence-electron chi connectivity index (χ2n) is 14.5. The highest BCUT2D eigenvalue weighted by Gasteiger charge is 2.38. The van der Waals surface area contributed by atoms with Crippen LogP contribution in [-0.2, 0) is 10.8 Å². The molecule has 224 valence electrons. The summed E-state index contributed by atoms with van der Waals surface area (Å²) >= 11 is 0. The zero-order valence-corrected chi connectivity index (χ0v) is 27.0. The van der Waals surface area contributed by atoms with Gasteiger partial charge in [-0.1, -0.05) is 113 Å². The normalized spacial score (nSPS) is 15.6. The highest BCUT2D eigenvalue weighted by atomic mass is 15.0. The number of hydrogen-bond acceptors (Lipinski definition) is 0. The van der Waals surface area contributed by atoms with E-state index in [1.54, 1.807) is 0 Å². The van der Waals surface area contributed by atoms with Gasteiger partial charge in [-0.05, 0) is 88.9 Å². The van der Waals surface area contributed by atoms with E-state index in [2.05, 4.69) is 170 Å². The van der Waals surface area contributed by atoms with Crippen molar-refractivity contribution in [2.45, 2.75) is 51.4 Å². The summed E-state index contributed by atoms with van der Waals surface area (Å²) in [4.78, 5) is 0. The average molecular weight is 595 g/mol. The minimum Gasteiger partial charge on any atom is -0.309 e. The topological polar surface area (TPSA) is 9.86 Å². The van der Waals surface area contributed by atoms with Crippen molar-refractivity contribution in [1.82, 2.24) is 9.13 Å². The Morgan fingerprint density at radius 3 is 1.70 bits per heavy atom. The molecule has 0 radical (unpaired) electrons. The van der Waals surface area contributed by atoms with Crippen LogP contribution in [0.1, 0.15) is 51.7 Å². The molecule has 2 heteroatoms. The van der Waals surface area contributed by atoms with Crippen molar-refractivity contribution in [3.63, 3.8) is 0 Å². The summed E-state index contributed by atoms with van der Waals surface area (Å²) < 4.78 is 5.00. The van der Waals surface area contributed by atoms with Crippen LogP contribution >= 0.6 is 0 Å². The van der Waals surface area contributed by atoms with Gasteiger partial charge < -0.3 is 9.13 Å². The zero-order chi connectivity index (χ0) is 31.2. The van der Waals surface area contributed by atoms with Crippen molar-refractivity contribution in [3.05, 3.63) is 145 Å². The Labute approximate surface area is 270 Å². The molecule has 6 aromatic carbocycles. The van der Waals surface area contributed by atoms with Gasteiger partial charge in [-0.15, -0.1) is 0 Å². The molecule has 2 heterocycles. The molecule has 2 aromatic heterocycles. The fourth-order valence-electron chi connectivity index (χ4n) is 8.18. The van der Waals surface area contributed by atoms with Crippen molar-refractivity contribution in [3.8, 4) is 22.5 Å². The van der Waals surface area contributed by atoms with Crippen LogP contribution < -0.4 is 0 Å². The van der Waals surface area contributed by atoms with Crippen molar-refractivity contribution in [2.75, 3.05) is 0 Å². The summed E-state index contributed by atoms with van der Waals surface area (Å²) in [6.45, 7) is 9.71. The van der Waals surface area contributed by atoms with Gasteiger partial charge in [-0.3, -0.25) is 0 Å². The molecule has 9 rings (SSSR count). The molecule has 0 saturated heterocycles. The van der Waals surface area contributed by atoms with Gasteiger partial charge in [-0.2, -0.15) is 0 Å². The van der Waals surface area contributed by atoms with Crippen LogP contribution in [0.3, 0.4) is 0 Å². The Morgan fingerprint density at radius 2 is 0.957 bits per heavy atom. The lowest BCUT2D eigenvalue weighted by Gasteiger charge is -2.42. The molecule has 1 aliphatic rings. The molecule has 0 unspecified atom stereocenters. The first-order valence-corrected chi connectivity index (χ1v) is 16.6. The number of aromatic nitrogens is 2. The smallest absolute Gasteiger partial charge is 0.0549 e. The van der Waals surface area contributed by atoms with E-state index in [1.807, 2.05) is 0 Å². The molecular formula is C44H38N2. The first kappa shape index (κ1) is 27.2. The molecule has 0 amide bonds. The third-order valence-electron chi connectivity index (χ3n) is 10.8. The zero-order valence-electron chi connectivity index (χ0n) is 27.0. The first-order chi connectivity index (χ1) is 22.3. The number of para-hydroxylation sites is 3. The molecule has 1 aliphatic carbocycles. The third-order valence-corrected chi connectivity index (χ3v) is 10.8. The number of rotatable bonds is 3. The molecule has 46 heavy (non-hydrogen) atoms. The van der Waals surface area contributed by atoms with Crippen LogP contribution in [-0.4, -0.2) is 9.13 Å². The molecule has 0 spiro atoms. The fourth-order valence-corrected chi connectivity index (χ4v) is 8.18. The van der Waals surface area contributed by atoms with Crippen LogP contribution in [0.5, 0.6) is 0 Å². The molecule has 2 nitrogen and oxygen atoms in total. The highest BCUT2D eigenvalue weighted by Crippen LogP contribution is 2.49. The van der Waals surface area contributed by atoms with Gasteiger partial charge in [-0.25, -0.2) is 0 Å². The van der Waals surface area contributed by atoms with E-state index in [0.29, 0.717) is 0 Å². The van der Waals surface area contributed by atoms with Gasteiger partial charge in [0.1, 0.15) is 0 Å². The minimum atomic E-state index is 0.133. The summed E-state index contributed by atoms with van der Waals surface area (Å²) in [6.07, 6.45) is 2.40. The van der Waals surface area contributed by atoms with Crippen LogP contribution in [0.25, 0.3) is 66.1 Å². The Morgan fingerprint density at radius 1 is 0.435 bits per heavy atom. The van der Waals surface area contributed by atoms with Crippen LogP contribution in [0, 0.1) is 0 Å². The molecule has 8 aromatic rings. The standard InChI is InChI=1S/C44H38N2/c1-43(2)23-24-44(3,4)37-28-42-33(25-36(37)43)35-27-41-34(26-40(35)45(42)30-17-9-6-10-18-30)32-20-12-14-22-39(32)46(41)38-21-13-11-19-31(38)29-15-7-5-8-16-29/h5-22,25-28H,23-24H2,1-4H3. The maximum atomic E-state index is 2.55. The molecule has 0 saturated carbocycles. The lowest BCUT2D eigenvalue weighted by molar-refractivity contribution is 0.332. The van der Waals surface area contributed by atoms with E-state index >= 15 is 0 Å². The molecular weight excluding hydrogens is 556 g/mol. The Balaban J connectivity index is 1.45. The van der Waals surface area contributed by atoms with Crippen molar-refractivity contribution in [2.24, 2.45) is 0 Å². The van der Waals surface area contributed by atoms with Gasteiger partial charge in [0.25, 0.3) is 0 Å². The summed E-state index contributed by atoms with van der Waals surface area (Å²) in [5, 5.41) is 5.18. The monoisotopic (exact) mass is 594 g/mol. The number of hydrogen-bond donors (Lipinski definition) is 0. The average Bonchev–Trinajstić information content (AvgIpc) is 3.57. The number of benzene rings is 6. The third kappa shape index (κ3) is 3.89. The largest absolute Gasteiger partial charge is 0.309 e. The molecule has 0 bridgehead atoms. The molecule has 0 fully saturated rings. The number of fused-ring (bicyclic) bond motifs is 7. The van der Waals surface area contributed by atoms with Gasteiger partial charge >= 0.3 is 0 Å². The maximum absolute atomic E-state index is 2.55. The van der Waals surface area contributed by atoms with Gasteiger partial charge in [0.05, 0.1) is 27.8 Å².